The van der Waals surface area contributed by atoms with E-state index in [4.69, 9.17) is 4.98 Å². The highest BCUT2D eigenvalue weighted by Gasteiger charge is 2.27. The molecule has 0 fully saturated rings. The van der Waals surface area contributed by atoms with E-state index in [0.29, 0.717) is 17.7 Å². The van der Waals surface area contributed by atoms with Gasteiger partial charge in [-0.05, 0) is 49.9 Å². The Morgan fingerprint density at radius 1 is 0.939 bits per heavy atom. The van der Waals surface area contributed by atoms with Crippen LogP contribution in [0.4, 0.5) is 11.6 Å². The van der Waals surface area contributed by atoms with Gasteiger partial charge in [-0.25, -0.2) is 4.79 Å². The van der Waals surface area contributed by atoms with Crippen LogP contribution >= 0.6 is 0 Å². The van der Waals surface area contributed by atoms with E-state index < -0.39 is 0 Å². The van der Waals surface area contributed by atoms with Gasteiger partial charge in [0.25, 0.3) is 5.56 Å². The molecule has 4 rings (SSSR count). The molecule has 0 saturated heterocycles. The molecule has 1 aliphatic rings. The van der Waals surface area contributed by atoms with Crippen molar-refractivity contribution in [3.8, 4) is 0 Å². The first-order valence-electron chi connectivity index (χ1n) is 12.5. The molecule has 3 aromatic rings. The van der Waals surface area contributed by atoms with Crippen molar-refractivity contribution < 1.29 is 0 Å². The summed E-state index contributed by atoms with van der Waals surface area (Å²) in [6.45, 7) is 8.47. The topological polar surface area (TPSA) is 65.1 Å². The molecular weight excluding hydrogens is 414 g/mol. The van der Waals surface area contributed by atoms with Gasteiger partial charge in [-0.1, -0.05) is 51.5 Å². The minimum atomic E-state index is -0.272. The normalized spacial score (nSPS) is 13.6. The first kappa shape index (κ1) is 23.3. The van der Waals surface area contributed by atoms with Crippen molar-refractivity contribution in [2.75, 3.05) is 11.4 Å². The maximum Gasteiger partial charge on any atom is 0.332 e. The molecule has 0 unspecified atom stereocenters. The van der Waals surface area contributed by atoms with Gasteiger partial charge in [0.05, 0.1) is 0 Å². The molecule has 178 valence electrons. The van der Waals surface area contributed by atoms with Crippen LogP contribution < -0.4 is 16.1 Å². The van der Waals surface area contributed by atoms with E-state index in [0.717, 1.165) is 50.4 Å². The van der Waals surface area contributed by atoms with Crippen LogP contribution in [0.2, 0.25) is 0 Å². The highest BCUT2D eigenvalue weighted by molar-refractivity contribution is 5.77. The Morgan fingerprint density at radius 2 is 1.67 bits per heavy atom. The van der Waals surface area contributed by atoms with E-state index >= 15 is 0 Å². The Hall–Kier alpha value is -2.83. The van der Waals surface area contributed by atoms with Gasteiger partial charge in [0, 0.05) is 32.4 Å². The van der Waals surface area contributed by atoms with Gasteiger partial charge < -0.3 is 9.47 Å². The molecule has 1 aliphatic heterocycles. The summed E-state index contributed by atoms with van der Waals surface area (Å²) in [6.07, 6.45) is 8.98. The Bertz CT molecular complexity index is 1250. The molecule has 0 amide bonds. The van der Waals surface area contributed by atoms with Gasteiger partial charge >= 0.3 is 5.69 Å². The number of imidazole rings is 1. The second-order valence-corrected chi connectivity index (χ2v) is 9.43. The lowest BCUT2D eigenvalue weighted by molar-refractivity contribution is 0.521. The molecule has 7 heteroatoms. The van der Waals surface area contributed by atoms with Crippen LogP contribution in [-0.2, 0) is 20.1 Å². The molecule has 0 bridgehead atoms. The fraction of sp³-hybridized carbons (Fsp3) is 0.577. The minimum absolute atomic E-state index is 0.209. The summed E-state index contributed by atoms with van der Waals surface area (Å²) < 4.78 is 4.97. The third kappa shape index (κ3) is 4.50. The van der Waals surface area contributed by atoms with Crippen molar-refractivity contribution in [3.05, 3.63) is 50.2 Å². The van der Waals surface area contributed by atoms with E-state index in [2.05, 4.69) is 43.9 Å². The monoisotopic (exact) mass is 451 g/mol. The van der Waals surface area contributed by atoms with Gasteiger partial charge in [-0.2, -0.15) is 4.98 Å². The summed E-state index contributed by atoms with van der Waals surface area (Å²) >= 11 is 0. The van der Waals surface area contributed by atoms with Gasteiger partial charge in [-0.15, -0.1) is 0 Å². The van der Waals surface area contributed by atoms with E-state index in [9.17, 15) is 9.59 Å². The molecular formula is C26H37N5O2. The molecule has 33 heavy (non-hydrogen) atoms. The zero-order chi connectivity index (χ0) is 23.5. The summed E-state index contributed by atoms with van der Waals surface area (Å²) in [4.78, 5) is 33.4. The average Bonchev–Trinajstić information content (AvgIpc) is 3.21. The van der Waals surface area contributed by atoms with Crippen LogP contribution in [0.15, 0.2) is 27.8 Å². The molecule has 0 atom stereocenters. The standard InChI is InChI=1S/C26H37N5O2/c1-5-6-7-8-9-10-11-15-31-24(32)22-23(28(4)26(31)33)27-25-29(16-12-17-30(22)25)21-14-13-19(2)20(3)18-21/h13-14,18H,5-12,15-17H2,1-4H3. The lowest BCUT2D eigenvalue weighted by Gasteiger charge is -2.29. The largest absolute Gasteiger partial charge is 0.332 e. The van der Waals surface area contributed by atoms with Crippen LogP contribution in [0.1, 0.15) is 69.4 Å². The smallest absolute Gasteiger partial charge is 0.312 e. The Balaban J connectivity index is 1.66. The van der Waals surface area contributed by atoms with Gasteiger partial charge in [0.15, 0.2) is 11.2 Å². The van der Waals surface area contributed by atoms with Crippen molar-refractivity contribution >= 4 is 22.8 Å². The highest BCUT2D eigenvalue weighted by atomic mass is 16.2. The maximum atomic E-state index is 13.5. The number of fused-ring (bicyclic) bond motifs is 3. The fourth-order valence-corrected chi connectivity index (χ4v) is 4.83. The van der Waals surface area contributed by atoms with E-state index in [-0.39, 0.29) is 11.2 Å². The highest BCUT2D eigenvalue weighted by Crippen LogP contribution is 2.31. The predicted molar refractivity (Wildman–Crippen MR) is 135 cm³/mol. The van der Waals surface area contributed by atoms with Crippen LogP contribution in [0.25, 0.3) is 11.2 Å². The molecule has 0 N–H and O–H groups in total. The molecule has 0 radical (unpaired) electrons. The van der Waals surface area contributed by atoms with Crippen LogP contribution in [0.3, 0.4) is 0 Å². The van der Waals surface area contributed by atoms with E-state index in [1.54, 1.807) is 11.6 Å². The summed E-state index contributed by atoms with van der Waals surface area (Å²) in [7, 11) is 1.73. The van der Waals surface area contributed by atoms with Crippen LogP contribution in [0, 0.1) is 13.8 Å². The first-order chi connectivity index (χ1) is 15.9. The SMILES string of the molecule is CCCCCCCCCn1c(=O)c2c(nc3n2CCCN3c2ccc(C)c(C)c2)n(C)c1=O. The number of aromatic nitrogens is 4. The van der Waals surface area contributed by atoms with Crippen molar-refractivity contribution in [3.63, 3.8) is 0 Å². The number of aryl methyl sites for hydroxylation is 4. The lowest BCUT2D eigenvalue weighted by Crippen LogP contribution is -2.40. The zero-order valence-electron chi connectivity index (χ0n) is 20.6. The Kier molecular flexibility index (Phi) is 7.05. The third-order valence-corrected chi connectivity index (χ3v) is 7.00. The lowest BCUT2D eigenvalue weighted by atomic mass is 10.1. The number of hydrogen-bond acceptors (Lipinski definition) is 4. The van der Waals surface area contributed by atoms with Gasteiger partial charge in [0.2, 0.25) is 5.95 Å². The molecule has 0 saturated carbocycles. The zero-order valence-corrected chi connectivity index (χ0v) is 20.6. The van der Waals surface area contributed by atoms with Gasteiger partial charge in [0.1, 0.15) is 0 Å². The quantitative estimate of drug-likeness (QED) is 0.438. The average molecular weight is 452 g/mol. The van der Waals surface area contributed by atoms with Gasteiger partial charge in [-0.3, -0.25) is 13.9 Å². The van der Waals surface area contributed by atoms with Crippen LogP contribution in [-0.4, -0.2) is 25.2 Å². The Morgan fingerprint density at radius 3 is 2.39 bits per heavy atom. The van der Waals surface area contributed by atoms with Crippen molar-refractivity contribution in [1.82, 2.24) is 18.7 Å². The maximum absolute atomic E-state index is 13.5. The molecule has 7 nitrogen and oxygen atoms in total. The number of nitrogens with zero attached hydrogens (tertiary/aromatic N) is 5. The number of anilines is 2. The molecule has 1 aromatic carbocycles. The number of hydrogen-bond donors (Lipinski definition) is 0. The van der Waals surface area contributed by atoms with Crippen LogP contribution in [0.5, 0.6) is 0 Å². The summed E-state index contributed by atoms with van der Waals surface area (Å²) in [6, 6.07) is 6.40. The minimum Gasteiger partial charge on any atom is -0.312 e. The summed E-state index contributed by atoms with van der Waals surface area (Å²) in [5.41, 5.74) is 4.09. The fourth-order valence-electron chi connectivity index (χ4n) is 4.83. The third-order valence-electron chi connectivity index (χ3n) is 7.00. The van der Waals surface area contributed by atoms with Crippen molar-refractivity contribution in [2.45, 2.75) is 85.2 Å². The molecule has 2 aromatic heterocycles. The first-order valence-corrected chi connectivity index (χ1v) is 12.5. The van der Waals surface area contributed by atoms with Crippen molar-refractivity contribution in [1.29, 1.82) is 0 Å². The summed E-state index contributed by atoms with van der Waals surface area (Å²) in [5, 5.41) is 0. The number of rotatable bonds is 9. The number of benzene rings is 1. The second kappa shape index (κ2) is 9.98. The predicted octanol–water partition coefficient (Wildman–Crippen LogP) is 4.81. The molecule has 0 aliphatic carbocycles. The van der Waals surface area contributed by atoms with E-state index in [1.165, 1.54) is 41.4 Å². The second-order valence-electron chi connectivity index (χ2n) is 9.43. The molecule has 3 heterocycles. The molecule has 0 spiro atoms. The number of unbranched alkanes of at least 4 members (excludes halogenated alkanes) is 6. The Labute approximate surface area is 195 Å². The summed E-state index contributed by atoms with van der Waals surface area (Å²) in [5.74, 6) is 0.750. The van der Waals surface area contributed by atoms with E-state index in [1.807, 2.05) is 4.57 Å². The van der Waals surface area contributed by atoms with Crippen molar-refractivity contribution in [2.24, 2.45) is 7.05 Å².